The molecule has 0 aliphatic heterocycles. The highest BCUT2D eigenvalue weighted by Gasteiger charge is 2.45. The van der Waals surface area contributed by atoms with E-state index in [1.54, 1.807) is 0 Å². The van der Waals surface area contributed by atoms with Gasteiger partial charge in [-0.2, -0.15) is 5.26 Å². The summed E-state index contributed by atoms with van der Waals surface area (Å²) in [5, 5.41) is 20.4. The zero-order chi connectivity index (χ0) is 16.0. The van der Waals surface area contributed by atoms with Crippen LogP contribution in [0.25, 0.3) is 0 Å². The quantitative estimate of drug-likeness (QED) is 0.806. The van der Waals surface area contributed by atoms with E-state index < -0.39 is 18.1 Å². The van der Waals surface area contributed by atoms with Crippen LogP contribution in [-0.4, -0.2) is 23.2 Å². The van der Waals surface area contributed by atoms with Crippen LogP contribution in [0.5, 0.6) is 0 Å². The predicted octanol–water partition coefficient (Wildman–Crippen LogP) is 2.45. The lowest BCUT2D eigenvalue weighted by Gasteiger charge is -2.19. The smallest absolute Gasteiger partial charge is 0.408 e. The summed E-state index contributed by atoms with van der Waals surface area (Å²) in [7, 11) is 0. The highest BCUT2D eigenvalue weighted by Crippen LogP contribution is 2.52. The van der Waals surface area contributed by atoms with Crippen molar-refractivity contribution in [3.8, 4) is 6.07 Å². The lowest BCUT2D eigenvalue weighted by atomic mass is 9.94. The minimum Gasteiger partial charge on any atom is -0.480 e. The number of nitrogens with zero attached hydrogens (tertiary/aromatic N) is 1. The third kappa shape index (κ3) is 4.48. The van der Waals surface area contributed by atoms with Crippen molar-refractivity contribution in [2.45, 2.75) is 38.3 Å². The number of benzene rings is 1. The number of nitrogens with one attached hydrogen (secondary N) is 1. The zero-order valence-corrected chi connectivity index (χ0v) is 12.1. The molecule has 1 atom stereocenters. The van der Waals surface area contributed by atoms with E-state index in [-0.39, 0.29) is 18.4 Å². The summed E-state index contributed by atoms with van der Waals surface area (Å²) >= 11 is 0. The molecule has 116 valence electrons. The molecule has 0 radical (unpaired) electrons. The first kappa shape index (κ1) is 15.8. The number of rotatable bonds is 7. The average molecular weight is 302 g/mol. The number of amides is 1. The maximum absolute atomic E-state index is 11.7. The summed E-state index contributed by atoms with van der Waals surface area (Å²) in [6.07, 6.45) is 1.47. The second-order valence-electron chi connectivity index (χ2n) is 5.64. The molecule has 1 aromatic carbocycles. The fourth-order valence-electron chi connectivity index (χ4n) is 2.34. The first-order valence-corrected chi connectivity index (χ1v) is 7.12. The van der Waals surface area contributed by atoms with Gasteiger partial charge in [0.25, 0.3) is 0 Å². The first-order valence-electron chi connectivity index (χ1n) is 7.12. The molecule has 0 bridgehead atoms. The molecule has 1 aliphatic carbocycles. The largest absolute Gasteiger partial charge is 0.480 e. The van der Waals surface area contributed by atoms with Crippen LogP contribution in [-0.2, 0) is 16.1 Å². The standard InChI is InChI=1S/C16H18N2O4/c17-9-8-16(6-7-16)10-13(14(19)20)18-15(21)22-11-12-4-2-1-3-5-12/h1-5,13H,6-8,10-11H2,(H,18,21)(H,19,20). The van der Waals surface area contributed by atoms with E-state index in [2.05, 4.69) is 11.4 Å². The molecule has 0 saturated heterocycles. The van der Waals surface area contributed by atoms with Crippen molar-refractivity contribution in [1.29, 1.82) is 5.26 Å². The van der Waals surface area contributed by atoms with Crippen LogP contribution in [0.1, 0.15) is 31.2 Å². The summed E-state index contributed by atoms with van der Waals surface area (Å²) in [4.78, 5) is 23.0. The van der Waals surface area contributed by atoms with Gasteiger partial charge in [-0.05, 0) is 30.2 Å². The summed E-state index contributed by atoms with van der Waals surface area (Å²) in [6, 6.07) is 10.2. The van der Waals surface area contributed by atoms with Crippen LogP contribution < -0.4 is 5.32 Å². The van der Waals surface area contributed by atoms with Gasteiger partial charge < -0.3 is 15.2 Å². The number of ether oxygens (including phenoxy) is 1. The Labute approximate surface area is 128 Å². The van der Waals surface area contributed by atoms with Crippen LogP contribution in [0.15, 0.2) is 30.3 Å². The Balaban J connectivity index is 1.84. The molecule has 1 fully saturated rings. The Morgan fingerprint density at radius 3 is 2.59 bits per heavy atom. The maximum atomic E-state index is 11.7. The SMILES string of the molecule is N#CCC1(CC(NC(=O)OCc2ccccc2)C(=O)O)CC1. The van der Waals surface area contributed by atoms with Gasteiger partial charge in [0.2, 0.25) is 0 Å². The molecule has 1 amide bonds. The molecule has 1 unspecified atom stereocenters. The Morgan fingerprint density at radius 2 is 2.05 bits per heavy atom. The Hall–Kier alpha value is -2.55. The van der Waals surface area contributed by atoms with Crippen LogP contribution in [0.3, 0.4) is 0 Å². The number of hydrogen-bond donors (Lipinski definition) is 2. The highest BCUT2D eigenvalue weighted by atomic mass is 16.5. The van der Waals surface area contributed by atoms with Gasteiger partial charge in [0, 0.05) is 6.42 Å². The van der Waals surface area contributed by atoms with E-state index in [9.17, 15) is 14.7 Å². The topological polar surface area (TPSA) is 99.4 Å². The van der Waals surface area contributed by atoms with Gasteiger partial charge >= 0.3 is 12.1 Å². The molecule has 1 aromatic rings. The van der Waals surface area contributed by atoms with Crippen LogP contribution in [0, 0.1) is 16.7 Å². The van der Waals surface area contributed by atoms with Crippen LogP contribution in [0.4, 0.5) is 4.79 Å². The van der Waals surface area contributed by atoms with Crippen LogP contribution >= 0.6 is 0 Å². The second kappa shape index (κ2) is 6.94. The van der Waals surface area contributed by atoms with Crippen molar-refractivity contribution in [1.82, 2.24) is 5.32 Å². The highest BCUT2D eigenvalue weighted by molar-refractivity contribution is 5.80. The van der Waals surface area contributed by atoms with Crippen molar-refractivity contribution in [2.24, 2.45) is 5.41 Å². The minimum atomic E-state index is -1.11. The molecule has 1 saturated carbocycles. The van der Waals surface area contributed by atoms with E-state index in [1.807, 2.05) is 30.3 Å². The molecule has 0 spiro atoms. The third-order valence-electron chi connectivity index (χ3n) is 3.85. The number of carbonyl (C=O) groups is 2. The molecule has 6 nitrogen and oxygen atoms in total. The van der Waals surface area contributed by atoms with E-state index >= 15 is 0 Å². The number of carboxylic acids is 1. The molecule has 6 heteroatoms. The fraction of sp³-hybridized carbons (Fsp3) is 0.438. The maximum Gasteiger partial charge on any atom is 0.408 e. The number of alkyl carbamates (subject to hydrolysis) is 1. The summed E-state index contributed by atoms with van der Waals surface area (Å²) in [6.45, 7) is 0.0857. The van der Waals surface area contributed by atoms with Crippen molar-refractivity contribution in [2.75, 3.05) is 0 Å². The molecule has 0 aromatic heterocycles. The van der Waals surface area contributed by atoms with Crippen molar-refractivity contribution >= 4 is 12.1 Å². The Kier molecular flexibility index (Phi) is 4.99. The molecular weight excluding hydrogens is 284 g/mol. The number of carbonyl (C=O) groups excluding carboxylic acids is 1. The van der Waals surface area contributed by atoms with E-state index in [0.29, 0.717) is 6.42 Å². The second-order valence-corrected chi connectivity index (χ2v) is 5.64. The van der Waals surface area contributed by atoms with E-state index in [0.717, 1.165) is 18.4 Å². The Bertz CT molecular complexity index is 576. The van der Waals surface area contributed by atoms with Gasteiger partial charge in [-0.15, -0.1) is 0 Å². The first-order chi connectivity index (χ1) is 10.5. The summed E-state index contributed by atoms with van der Waals surface area (Å²) in [5.41, 5.74) is 0.567. The van der Waals surface area contributed by atoms with Crippen molar-refractivity contribution < 1.29 is 19.4 Å². The number of nitriles is 1. The normalized spacial score (nSPS) is 16.1. The lowest BCUT2D eigenvalue weighted by Crippen LogP contribution is -2.42. The van der Waals surface area contributed by atoms with Gasteiger partial charge in [0.15, 0.2) is 0 Å². The lowest BCUT2D eigenvalue weighted by molar-refractivity contribution is -0.140. The number of aliphatic carboxylic acids is 1. The number of hydrogen-bond acceptors (Lipinski definition) is 4. The molecule has 0 heterocycles. The van der Waals surface area contributed by atoms with Gasteiger partial charge in [-0.25, -0.2) is 9.59 Å². The predicted molar refractivity (Wildman–Crippen MR) is 77.7 cm³/mol. The number of carboxylic acid groups (broad SMARTS) is 1. The average Bonchev–Trinajstić information content (AvgIpc) is 3.25. The summed E-state index contributed by atoms with van der Waals surface area (Å²) in [5.74, 6) is -1.11. The fourth-order valence-corrected chi connectivity index (χ4v) is 2.34. The molecule has 2 N–H and O–H groups in total. The van der Waals surface area contributed by atoms with E-state index in [1.165, 1.54) is 0 Å². The molecular formula is C16H18N2O4. The third-order valence-corrected chi connectivity index (χ3v) is 3.85. The zero-order valence-electron chi connectivity index (χ0n) is 12.1. The Morgan fingerprint density at radius 1 is 1.36 bits per heavy atom. The molecule has 2 rings (SSSR count). The molecule has 1 aliphatic rings. The summed E-state index contributed by atoms with van der Waals surface area (Å²) < 4.78 is 5.03. The van der Waals surface area contributed by atoms with Gasteiger partial charge in [-0.3, -0.25) is 0 Å². The van der Waals surface area contributed by atoms with Gasteiger partial charge in [-0.1, -0.05) is 30.3 Å². The van der Waals surface area contributed by atoms with Gasteiger partial charge in [0.1, 0.15) is 12.6 Å². The van der Waals surface area contributed by atoms with E-state index in [4.69, 9.17) is 10.00 Å². The minimum absolute atomic E-state index is 0.0857. The van der Waals surface area contributed by atoms with Gasteiger partial charge in [0.05, 0.1) is 6.07 Å². The monoisotopic (exact) mass is 302 g/mol. The van der Waals surface area contributed by atoms with Crippen LogP contribution in [0.2, 0.25) is 0 Å². The van der Waals surface area contributed by atoms with Crippen molar-refractivity contribution in [3.63, 3.8) is 0 Å². The van der Waals surface area contributed by atoms with Crippen molar-refractivity contribution in [3.05, 3.63) is 35.9 Å². The molecule has 22 heavy (non-hydrogen) atoms.